The number of halogens is 4. The van der Waals surface area contributed by atoms with Crippen LogP contribution in [-0.4, -0.2) is 15.1 Å². The van der Waals surface area contributed by atoms with Crippen molar-refractivity contribution < 1.29 is 26.5 Å². The molecule has 160 valence electrons. The Kier molecular flexibility index (Phi) is 5.01. The Bertz CT molecular complexity index is 1290. The van der Waals surface area contributed by atoms with Gasteiger partial charge < -0.3 is 19.6 Å². The van der Waals surface area contributed by atoms with Crippen molar-refractivity contribution in [2.75, 3.05) is 10.6 Å². The number of nitrogens with zero attached hydrogens (tertiary/aromatic N) is 3. The lowest BCUT2D eigenvalue weighted by molar-refractivity contribution is -0.159. The second-order valence-corrected chi connectivity index (χ2v) is 6.32. The van der Waals surface area contributed by atoms with Crippen LogP contribution < -0.4 is 21.5 Å². The summed E-state index contributed by atoms with van der Waals surface area (Å²) in [7, 11) is 0. The van der Waals surface area contributed by atoms with E-state index in [-0.39, 0.29) is 35.6 Å². The minimum absolute atomic E-state index is 0.00930. The van der Waals surface area contributed by atoms with Gasteiger partial charge in [-0.15, -0.1) is 0 Å². The van der Waals surface area contributed by atoms with Crippen molar-refractivity contribution in [1.29, 1.82) is 0 Å². The molecule has 13 heteroatoms. The van der Waals surface area contributed by atoms with Gasteiger partial charge >= 0.3 is 12.1 Å². The molecular weight excluding hydrogens is 426 g/mol. The van der Waals surface area contributed by atoms with Crippen molar-refractivity contribution in [2.24, 2.45) is 0 Å². The van der Waals surface area contributed by atoms with Gasteiger partial charge in [-0.2, -0.15) is 18.2 Å². The lowest BCUT2D eigenvalue weighted by Gasteiger charge is -2.14. The van der Waals surface area contributed by atoms with Gasteiger partial charge in [0.1, 0.15) is 23.5 Å². The molecule has 0 radical (unpaired) electrons. The van der Waals surface area contributed by atoms with E-state index in [4.69, 9.17) is 4.42 Å². The summed E-state index contributed by atoms with van der Waals surface area (Å²) in [5.41, 5.74) is -0.869. The second kappa shape index (κ2) is 7.66. The molecule has 0 atom stereocenters. The largest absolute Gasteiger partial charge is 0.471 e. The number of rotatable bonds is 7. The van der Waals surface area contributed by atoms with Crippen LogP contribution in [0.15, 0.2) is 49.4 Å². The molecule has 0 bridgehead atoms. The summed E-state index contributed by atoms with van der Waals surface area (Å²) in [6, 6.07) is 3.53. The van der Waals surface area contributed by atoms with E-state index < -0.39 is 34.6 Å². The highest BCUT2D eigenvalue weighted by molar-refractivity contribution is 5.74. The van der Waals surface area contributed by atoms with Gasteiger partial charge in [0, 0.05) is 17.7 Å². The van der Waals surface area contributed by atoms with Crippen molar-refractivity contribution in [2.45, 2.75) is 19.3 Å². The third-order valence-corrected chi connectivity index (χ3v) is 4.28. The van der Waals surface area contributed by atoms with E-state index in [2.05, 4.69) is 30.3 Å². The summed E-state index contributed by atoms with van der Waals surface area (Å²) in [6.45, 7) is -0.0145. The third kappa shape index (κ3) is 4.01. The van der Waals surface area contributed by atoms with E-state index in [1.54, 1.807) is 0 Å². The third-order valence-electron chi connectivity index (χ3n) is 4.28. The number of hydrogen-bond acceptors (Lipinski definition) is 9. The highest BCUT2D eigenvalue weighted by Crippen LogP contribution is 2.29. The van der Waals surface area contributed by atoms with Crippen molar-refractivity contribution >= 4 is 11.4 Å². The van der Waals surface area contributed by atoms with Crippen LogP contribution in [0.25, 0.3) is 11.4 Å². The Balaban J connectivity index is 1.45. The Labute approximate surface area is 169 Å². The molecule has 0 unspecified atom stereocenters. The molecule has 2 N–H and O–H groups in total. The fourth-order valence-corrected chi connectivity index (χ4v) is 2.70. The van der Waals surface area contributed by atoms with Crippen molar-refractivity contribution in [3.05, 3.63) is 74.3 Å². The van der Waals surface area contributed by atoms with Gasteiger partial charge in [-0.25, -0.2) is 9.37 Å². The topological polar surface area (TPSA) is 123 Å². The van der Waals surface area contributed by atoms with E-state index in [0.717, 1.165) is 6.07 Å². The molecule has 0 aliphatic carbocycles. The fraction of sp³-hybridized carbons (Fsp3) is 0.167. The maximum atomic E-state index is 14.4. The molecule has 0 aliphatic heterocycles. The van der Waals surface area contributed by atoms with E-state index in [9.17, 15) is 27.2 Å². The summed E-state index contributed by atoms with van der Waals surface area (Å²) in [5.74, 6) is -2.74. The highest BCUT2D eigenvalue weighted by atomic mass is 19.4. The summed E-state index contributed by atoms with van der Waals surface area (Å²) < 4.78 is 61.0. The molecular formula is C18H11F4N5O4. The normalized spacial score (nSPS) is 11.7. The summed E-state index contributed by atoms with van der Waals surface area (Å²) in [6.07, 6.45) is -2.24. The van der Waals surface area contributed by atoms with E-state index in [1.807, 2.05) is 0 Å². The molecule has 0 aliphatic rings. The Morgan fingerprint density at radius 2 is 1.74 bits per heavy atom. The van der Waals surface area contributed by atoms with Gasteiger partial charge in [-0.05, 0) is 6.07 Å². The van der Waals surface area contributed by atoms with Crippen molar-refractivity contribution in [1.82, 2.24) is 15.1 Å². The minimum atomic E-state index is -4.81. The number of aromatic nitrogens is 3. The van der Waals surface area contributed by atoms with Gasteiger partial charge in [-0.1, -0.05) is 17.3 Å². The first-order valence-electron chi connectivity index (χ1n) is 8.62. The Morgan fingerprint density at radius 3 is 2.32 bits per heavy atom. The van der Waals surface area contributed by atoms with Crippen LogP contribution in [0.5, 0.6) is 0 Å². The molecule has 2 heterocycles. The smallest absolute Gasteiger partial charge is 0.451 e. The molecule has 2 aromatic carbocycles. The summed E-state index contributed by atoms with van der Waals surface area (Å²) >= 11 is 0. The zero-order chi connectivity index (χ0) is 22.2. The average Bonchev–Trinajstić information content (AvgIpc) is 3.42. The van der Waals surface area contributed by atoms with Crippen LogP contribution in [0.2, 0.25) is 0 Å². The van der Waals surface area contributed by atoms with Gasteiger partial charge in [0.15, 0.2) is 6.39 Å². The van der Waals surface area contributed by atoms with E-state index >= 15 is 0 Å². The van der Waals surface area contributed by atoms with Crippen LogP contribution >= 0.6 is 0 Å². The zero-order valence-corrected chi connectivity index (χ0v) is 15.3. The number of benzene rings is 1. The molecule has 0 saturated heterocycles. The van der Waals surface area contributed by atoms with Crippen molar-refractivity contribution in [3.63, 3.8) is 0 Å². The van der Waals surface area contributed by atoms with E-state index in [0.29, 0.717) is 5.69 Å². The Hall–Kier alpha value is -4.03. The minimum Gasteiger partial charge on any atom is -0.451 e. The fourth-order valence-electron chi connectivity index (χ4n) is 2.70. The summed E-state index contributed by atoms with van der Waals surface area (Å²) in [5, 5.41) is 8.64. The predicted molar refractivity (Wildman–Crippen MR) is 97.2 cm³/mol. The van der Waals surface area contributed by atoms with E-state index in [1.165, 1.54) is 24.8 Å². The predicted octanol–water partition coefficient (Wildman–Crippen LogP) is 2.70. The molecule has 2 aromatic heterocycles. The first-order valence-corrected chi connectivity index (χ1v) is 8.62. The quantitative estimate of drug-likeness (QED) is 0.332. The zero-order valence-electron chi connectivity index (χ0n) is 15.3. The molecule has 9 nitrogen and oxygen atoms in total. The van der Waals surface area contributed by atoms with Crippen LogP contribution in [-0.2, 0) is 19.3 Å². The standard InChI is InChI=1S/C18H11F4N5O4/c19-11-3-8(16-26-17(31-27-16)18(20,21)22)1-2-9(11)4-23-12-13(15(29)14(12)28)24-5-10-6-30-7-25-10/h1-3,6-7,23-24H,4-5H2. The van der Waals surface area contributed by atoms with Gasteiger partial charge in [-0.3, -0.25) is 9.59 Å². The maximum absolute atomic E-state index is 14.4. The van der Waals surface area contributed by atoms with Gasteiger partial charge in [0.2, 0.25) is 5.82 Å². The first-order chi connectivity index (χ1) is 14.7. The molecule has 0 spiro atoms. The summed E-state index contributed by atoms with van der Waals surface area (Å²) in [4.78, 5) is 30.6. The highest BCUT2D eigenvalue weighted by Gasteiger charge is 2.38. The number of anilines is 2. The SMILES string of the molecule is O=c1c(NCc2cocn2)c(NCc2ccc(-c3noc(C(F)(F)F)n3)cc2F)c1=O. The second-order valence-electron chi connectivity index (χ2n) is 6.32. The molecule has 4 aromatic rings. The van der Waals surface area contributed by atoms with Crippen LogP contribution in [0.3, 0.4) is 0 Å². The lowest BCUT2D eigenvalue weighted by Crippen LogP contribution is -2.37. The maximum Gasteiger partial charge on any atom is 0.471 e. The van der Waals surface area contributed by atoms with Crippen LogP contribution in [0, 0.1) is 5.82 Å². The van der Waals surface area contributed by atoms with Gasteiger partial charge in [0.25, 0.3) is 10.9 Å². The molecule has 0 fully saturated rings. The van der Waals surface area contributed by atoms with Gasteiger partial charge in [0.05, 0.1) is 12.2 Å². The lowest BCUT2D eigenvalue weighted by atomic mass is 10.1. The van der Waals surface area contributed by atoms with Crippen LogP contribution in [0.4, 0.5) is 28.9 Å². The van der Waals surface area contributed by atoms with Crippen molar-refractivity contribution in [3.8, 4) is 11.4 Å². The van der Waals surface area contributed by atoms with Crippen LogP contribution in [0.1, 0.15) is 17.1 Å². The Morgan fingerprint density at radius 1 is 1.03 bits per heavy atom. The number of oxazole rings is 1. The average molecular weight is 437 g/mol. The molecule has 0 saturated carbocycles. The number of alkyl halides is 3. The number of hydrogen-bond donors (Lipinski definition) is 2. The molecule has 31 heavy (non-hydrogen) atoms. The molecule has 4 rings (SSSR count). The first kappa shape index (κ1) is 20.3. The molecule has 0 amide bonds. The monoisotopic (exact) mass is 437 g/mol. The number of nitrogens with one attached hydrogen (secondary N) is 2.